The van der Waals surface area contributed by atoms with Gasteiger partial charge in [0.2, 0.25) is 5.89 Å². The zero-order valence-electron chi connectivity index (χ0n) is 29.9. The van der Waals surface area contributed by atoms with Crippen molar-refractivity contribution >= 4 is 43.8 Å². The molecule has 0 atom stereocenters. The number of nitrogens with zero attached hydrogens (tertiary/aromatic N) is 4. The van der Waals surface area contributed by atoms with Crippen LogP contribution in [0.2, 0.25) is 0 Å². The zero-order valence-corrected chi connectivity index (χ0v) is 29.9. The second-order valence-electron chi connectivity index (χ2n) is 13.8. The van der Waals surface area contributed by atoms with Gasteiger partial charge in [0.25, 0.3) is 0 Å². The fraction of sp³-hybridized carbons (Fsp3) is 0. The summed E-state index contributed by atoms with van der Waals surface area (Å²) in [7, 11) is 0. The van der Waals surface area contributed by atoms with E-state index in [1.54, 1.807) is 0 Å². The quantitative estimate of drug-likeness (QED) is 0.170. The van der Waals surface area contributed by atoms with Gasteiger partial charge in [0.05, 0.1) is 0 Å². The first kappa shape index (κ1) is 31.8. The van der Waals surface area contributed by atoms with Gasteiger partial charge in [-0.3, -0.25) is 0 Å². The fourth-order valence-electron chi connectivity index (χ4n) is 7.58. The highest BCUT2D eigenvalue weighted by molar-refractivity contribution is 6.19. The number of benzene rings is 8. The third-order valence-corrected chi connectivity index (χ3v) is 10.3. The van der Waals surface area contributed by atoms with Gasteiger partial charge in [-0.15, -0.1) is 0 Å². The van der Waals surface area contributed by atoms with Crippen molar-refractivity contribution in [3.63, 3.8) is 0 Å². The summed E-state index contributed by atoms with van der Waals surface area (Å²) in [4.78, 5) is 19.9. The number of fused-ring (bicyclic) bond motifs is 5. The van der Waals surface area contributed by atoms with Crippen LogP contribution >= 0.6 is 0 Å². The normalized spacial score (nSPS) is 11.6. The maximum Gasteiger partial charge on any atom is 0.227 e. The highest BCUT2D eigenvalue weighted by Gasteiger charge is 2.22. The molecule has 262 valence electrons. The predicted octanol–water partition coefficient (Wildman–Crippen LogP) is 13.1. The Labute approximate surface area is 321 Å². The number of oxazole rings is 1. The Morgan fingerprint density at radius 1 is 0.339 bits per heavy atom. The van der Waals surface area contributed by atoms with Crippen molar-refractivity contribution < 1.29 is 8.83 Å². The van der Waals surface area contributed by atoms with Gasteiger partial charge in [-0.2, -0.15) is 0 Å². The van der Waals surface area contributed by atoms with Crippen LogP contribution in [0.4, 0.5) is 0 Å². The van der Waals surface area contributed by atoms with E-state index >= 15 is 0 Å². The molecule has 0 fully saturated rings. The third kappa shape index (κ3) is 5.51. The molecule has 0 amide bonds. The van der Waals surface area contributed by atoms with Gasteiger partial charge < -0.3 is 8.83 Å². The van der Waals surface area contributed by atoms with Gasteiger partial charge >= 0.3 is 0 Å². The molecule has 0 radical (unpaired) electrons. The first-order chi connectivity index (χ1) is 27.7. The molecule has 0 aliphatic rings. The molecule has 0 spiro atoms. The van der Waals surface area contributed by atoms with Crippen LogP contribution in [0.15, 0.2) is 191 Å². The van der Waals surface area contributed by atoms with Crippen LogP contribution in [0.5, 0.6) is 0 Å². The Bertz CT molecular complexity index is 3170. The molecule has 0 aliphatic heterocycles. The molecule has 0 N–H and O–H groups in total. The molecule has 6 heteroatoms. The summed E-state index contributed by atoms with van der Waals surface area (Å²) in [6, 6.07) is 61.8. The van der Waals surface area contributed by atoms with Crippen molar-refractivity contribution in [3.8, 4) is 67.9 Å². The van der Waals surface area contributed by atoms with E-state index < -0.39 is 0 Å². The molecule has 0 aliphatic carbocycles. The van der Waals surface area contributed by atoms with Gasteiger partial charge in [-0.1, -0.05) is 146 Å². The Balaban J connectivity index is 1.08. The molecule has 11 aromatic rings. The van der Waals surface area contributed by atoms with Gasteiger partial charge in [-0.25, -0.2) is 19.9 Å². The Hall–Kier alpha value is -7.70. The molecule has 11 rings (SSSR count). The lowest BCUT2D eigenvalue weighted by Gasteiger charge is -2.10. The molecule has 0 bridgehead atoms. The maximum atomic E-state index is 6.75. The van der Waals surface area contributed by atoms with Gasteiger partial charge in [0.1, 0.15) is 16.7 Å². The Kier molecular flexibility index (Phi) is 7.38. The summed E-state index contributed by atoms with van der Waals surface area (Å²) in [5, 5.41) is 4.14. The molecule has 8 aromatic carbocycles. The largest absolute Gasteiger partial charge is 0.456 e. The van der Waals surface area contributed by atoms with E-state index in [-0.39, 0.29) is 0 Å². The summed E-state index contributed by atoms with van der Waals surface area (Å²) >= 11 is 0. The fourth-order valence-corrected chi connectivity index (χ4v) is 7.58. The van der Waals surface area contributed by atoms with E-state index in [0.717, 1.165) is 82.7 Å². The summed E-state index contributed by atoms with van der Waals surface area (Å²) in [5.41, 5.74) is 10.9. The SMILES string of the molecule is c1ccc(-c2ccc(-c3nc4cc5oc6ccccc6c5c(-c5ccc6ccc(-c7nc(-c8ccccc8)nc(-c8ccccc8)n7)cc6c5)c4o3)cc2)cc1. The monoisotopic (exact) mass is 718 g/mol. The molecule has 3 heterocycles. The number of aromatic nitrogens is 4. The standard InChI is InChI=1S/C50H30N4O2/c1-4-12-31(13-5-1)32-20-24-36(25-21-32)50-51-41-30-43-45(40-18-10-11-19-42(40)55-43)44(46(41)56-50)37-26-22-33-23-27-38(29-39(33)28-37)49-53-47(34-14-6-2-7-15-34)52-48(54-49)35-16-8-3-9-17-35/h1-30H. The van der Waals surface area contributed by atoms with Gasteiger partial charge in [0.15, 0.2) is 23.1 Å². The van der Waals surface area contributed by atoms with Crippen molar-refractivity contribution in [2.24, 2.45) is 0 Å². The van der Waals surface area contributed by atoms with Crippen molar-refractivity contribution in [2.45, 2.75) is 0 Å². The van der Waals surface area contributed by atoms with Crippen LogP contribution in [-0.2, 0) is 0 Å². The van der Waals surface area contributed by atoms with E-state index in [0.29, 0.717) is 28.9 Å². The van der Waals surface area contributed by atoms with Crippen LogP contribution in [0.3, 0.4) is 0 Å². The predicted molar refractivity (Wildman–Crippen MR) is 225 cm³/mol. The summed E-state index contributed by atoms with van der Waals surface area (Å²) in [5.74, 6) is 2.41. The van der Waals surface area contributed by atoms with E-state index in [1.165, 1.54) is 0 Å². The molecule has 0 saturated carbocycles. The van der Waals surface area contributed by atoms with Crippen LogP contribution in [0, 0.1) is 0 Å². The van der Waals surface area contributed by atoms with Crippen LogP contribution in [-0.4, -0.2) is 19.9 Å². The lowest BCUT2D eigenvalue weighted by atomic mass is 9.95. The second kappa shape index (κ2) is 13.0. The van der Waals surface area contributed by atoms with Gasteiger partial charge in [-0.05, 0) is 57.8 Å². The molecule has 0 unspecified atom stereocenters. The van der Waals surface area contributed by atoms with Crippen LogP contribution in [0.1, 0.15) is 0 Å². The van der Waals surface area contributed by atoms with E-state index in [2.05, 4.69) is 91.0 Å². The van der Waals surface area contributed by atoms with Crippen molar-refractivity contribution in [1.29, 1.82) is 0 Å². The molecule has 3 aromatic heterocycles. The minimum Gasteiger partial charge on any atom is -0.456 e. The zero-order chi connectivity index (χ0) is 37.0. The third-order valence-electron chi connectivity index (χ3n) is 10.3. The van der Waals surface area contributed by atoms with Crippen molar-refractivity contribution in [1.82, 2.24) is 19.9 Å². The molecule has 6 nitrogen and oxygen atoms in total. The molecule has 56 heavy (non-hydrogen) atoms. The maximum absolute atomic E-state index is 6.75. The topological polar surface area (TPSA) is 77.8 Å². The number of hydrogen-bond donors (Lipinski definition) is 0. The van der Waals surface area contributed by atoms with Crippen molar-refractivity contribution in [2.75, 3.05) is 0 Å². The Morgan fingerprint density at radius 2 is 0.857 bits per heavy atom. The Morgan fingerprint density at radius 3 is 1.54 bits per heavy atom. The van der Waals surface area contributed by atoms with E-state index in [9.17, 15) is 0 Å². The number of hydrogen-bond acceptors (Lipinski definition) is 6. The number of para-hydroxylation sites is 1. The van der Waals surface area contributed by atoms with Crippen molar-refractivity contribution in [3.05, 3.63) is 182 Å². The minimum atomic E-state index is 0.555. The van der Waals surface area contributed by atoms with Crippen LogP contribution < -0.4 is 0 Å². The number of furan rings is 1. The average Bonchev–Trinajstić information content (AvgIpc) is 3.87. The van der Waals surface area contributed by atoms with Crippen LogP contribution in [0.25, 0.3) is 112 Å². The molecular formula is C50H30N4O2. The first-order valence-corrected chi connectivity index (χ1v) is 18.5. The lowest BCUT2D eigenvalue weighted by Crippen LogP contribution is -2.00. The minimum absolute atomic E-state index is 0.555. The average molecular weight is 719 g/mol. The second-order valence-corrected chi connectivity index (χ2v) is 13.8. The van der Waals surface area contributed by atoms with E-state index in [1.807, 2.05) is 91.0 Å². The number of rotatable bonds is 6. The lowest BCUT2D eigenvalue weighted by molar-refractivity contribution is 0.621. The first-order valence-electron chi connectivity index (χ1n) is 18.5. The van der Waals surface area contributed by atoms with Gasteiger partial charge in [0, 0.05) is 44.7 Å². The summed E-state index contributed by atoms with van der Waals surface area (Å²) in [6.07, 6.45) is 0. The molecule has 0 saturated heterocycles. The molecular weight excluding hydrogens is 689 g/mol. The van der Waals surface area contributed by atoms with E-state index in [4.69, 9.17) is 28.8 Å². The summed E-state index contributed by atoms with van der Waals surface area (Å²) < 4.78 is 13.2. The highest BCUT2D eigenvalue weighted by atomic mass is 16.4. The summed E-state index contributed by atoms with van der Waals surface area (Å²) in [6.45, 7) is 0. The highest BCUT2D eigenvalue weighted by Crippen LogP contribution is 2.44. The smallest absolute Gasteiger partial charge is 0.227 e.